The van der Waals surface area contributed by atoms with Gasteiger partial charge < -0.3 is 18.8 Å². The van der Waals surface area contributed by atoms with Crippen molar-refractivity contribution < 1.29 is 4.42 Å². The first-order chi connectivity index (χ1) is 31.8. The summed E-state index contributed by atoms with van der Waals surface area (Å²) in [7, 11) is 0. The van der Waals surface area contributed by atoms with E-state index in [9.17, 15) is 0 Å². The summed E-state index contributed by atoms with van der Waals surface area (Å²) < 4.78 is 9.49. The topological polar surface area (TPSA) is 24.6 Å². The van der Waals surface area contributed by atoms with Gasteiger partial charge in [-0.15, -0.1) is 0 Å². The maximum Gasteiger partial charge on any atom is 0.145 e. The predicted molar refractivity (Wildman–Crippen MR) is 268 cm³/mol. The average Bonchev–Trinajstić information content (AvgIpc) is 3.92. The molecule has 0 atom stereocenters. The van der Waals surface area contributed by atoms with E-state index < -0.39 is 0 Å². The van der Waals surface area contributed by atoms with E-state index in [1.54, 1.807) is 0 Å². The lowest BCUT2D eigenvalue weighted by Gasteiger charge is -2.30. The SMILES string of the molecule is c1ccc(-c2ccc(N(c3ccccc3)c3cc(-c4cc5c6ccccc6n(-c6ccccc6)c5c5c4oc4ccccc45)cc(N(c4ccccc4)c4ccccc4)c3)cc2)cc1. The molecule has 4 heteroatoms. The summed E-state index contributed by atoms with van der Waals surface area (Å²) in [5, 5.41) is 4.53. The lowest BCUT2D eigenvalue weighted by Crippen LogP contribution is -2.13. The monoisotopic (exact) mass is 819 g/mol. The smallest absolute Gasteiger partial charge is 0.145 e. The number of fused-ring (bicyclic) bond motifs is 7. The Bertz CT molecular complexity index is 3540. The molecule has 0 bridgehead atoms. The van der Waals surface area contributed by atoms with E-state index in [-0.39, 0.29) is 0 Å². The van der Waals surface area contributed by atoms with Gasteiger partial charge in [0.05, 0.1) is 16.4 Å². The van der Waals surface area contributed by atoms with Gasteiger partial charge >= 0.3 is 0 Å². The third-order valence-electron chi connectivity index (χ3n) is 12.3. The van der Waals surface area contributed by atoms with E-state index in [1.165, 1.54) is 21.9 Å². The molecular weight excluding hydrogens is 779 g/mol. The molecular formula is C60H41N3O. The Morgan fingerprint density at radius 2 is 0.797 bits per heavy atom. The maximum atomic E-state index is 7.09. The molecule has 2 aromatic heterocycles. The minimum Gasteiger partial charge on any atom is -0.455 e. The maximum absolute atomic E-state index is 7.09. The van der Waals surface area contributed by atoms with E-state index in [1.807, 2.05) is 0 Å². The number of anilines is 6. The highest BCUT2D eigenvalue weighted by Gasteiger charge is 2.25. The quantitative estimate of drug-likeness (QED) is 0.145. The van der Waals surface area contributed by atoms with Crippen LogP contribution in [0.4, 0.5) is 34.1 Å². The van der Waals surface area contributed by atoms with Gasteiger partial charge in [-0.1, -0.05) is 152 Å². The van der Waals surface area contributed by atoms with Crippen molar-refractivity contribution >= 4 is 77.9 Å². The molecule has 0 spiro atoms. The molecule has 0 aliphatic heterocycles. The van der Waals surface area contributed by atoms with Gasteiger partial charge in [-0.3, -0.25) is 0 Å². The molecule has 64 heavy (non-hydrogen) atoms. The van der Waals surface area contributed by atoms with Gasteiger partial charge in [-0.25, -0.2) is 0 Å². The van der Waals surface area contributed by atoms with Gasteiger partial charge in [0.15, 0.2) is 0 Å². The highest BCUT2D eigenvalue weighted by molar-refractivity contribution is 6.27. The zero-order valence-corrected chi connectivity index (χ0v) is 34.9. The minimum atomic E-state index is 0.848. The van der Waals surface area contributed by atoms with Crippen LogP contribution >= 0.6 is 0 Å². The van der Waals surface area contributed by atoms with E-state index in [4.69, 9.17) is 4.42 Å². The normalized spacial score (nSPS) is 11.4. The van der Waals surface area contributed by atoms with E-state index in [2.05, 4.69) is 263 Å². The Morgan fingerprint density at radius 3 is 1.39 bits per heavy atom. The molecule has 0 saturated heterocycles. The number of furan rings is 1. The zero-order valence-electron chi connectivity index (χ0n) is 34.9. The summed E-state index contributed by atoms with van der Waals surface area (Å²) in [4.78, 5) is 4.72. The Kier molecular flexibility index (Phi) is 9.12. The van der Waals surface area contributed by atoms with Crippen molar-refractivity contribution in [2.75, 3.05) is 9.80 Å². The fourth-order valence-electron chi connectivity index (χ4n) is 9.47. The molecule has 12 aromatic rings. The van der Waals surface area contributed by atoms with Crippen molar-refractivity contribution in [2.45, 2.75) is 0 Å². The first kappa shape index (κ1) is 37.2. The first-order valence-electron chi connectivity index (χ1n) is 21.8. The highest BCUT2D eigenvalue weighted by Crippen LogP contribution is 2.48. The number of nitrogens with zero attached hydrogens (tertiary/aromatic N) is 3. The third-order valence-corrected chi connectivity index (χ3v) is 12.3. The Labute approximate surface area is 371 Å². The number of hydrogen-bond acceptors (Lipinski definition) is 3. The third kappa shape index (κ3) is 6.40. The Morgan fingerprint density at radius 1 is 0.328 bits per heavy atom. The van der Waals surface area contributed by atoms with Crippen molar-refractivity contribution in [1.82, 2.24) is 4.57 Å². The molecule has 0 unspecified atom stereocenters. The Balaban J connectivity index is 1.18. The fraction of sp³-hybridized carbons (Fsp3) is 0. The van der Waals surface area contributed by atoms with Crippen molar-refractivity contribution in [2.24, 2.45) is 0 Å². The van der Waals surface area contributed by atoms with Crippen LogP contribution in [0.2, 0.25) is 0 Å². The molecule has 0 fully saturated rings. The number of para-hydroxylation sites is 6. The largest absolute Gasteiger partial charge is 0.455 e. The zero-order chi connectivity index (χ0) is 42.4. The molecule has 0 aliphatic carbocycles. The van der Waals surface area contributed by atoms with Gasteiger partial charge in [0.2, 0.25) is 0 Å². The van der Waals surface area contributed by atoms with Gasteiger partial charge in [0.25, 0.3) is 0 Å². The van der Waals surface area contributed by atoms with Crippen LogP contribution in [0.15, 0.2) is 253 Å². The van der Waals surface area contributed by atoms with Crippen LogP contribution in [0.25, 0.3) is 71.7 Å². The summed E-state index contributed by atoms with van der Waals surface area (Å²) >= 11 is 0. The molecule has 0 N–H and O–H groups in total. The Hall–Kier alpha value is -8.60. The summed E-state index contributed by atoms with van der Waals surface area (Å²) in [5.41, 5.74) is 15.8. The van der Waals surface area contributed by atoms with Crippen LogP contribution in [0.3, 0.4) is 0 Å². The summed E-state index contributed by atoms with van der Waals surface area (Å²) in [6.07, 6.45) is 0. The van der Waals surface area contributed by atoms with Gasteiger partial charge in [-0.2, -0.15) is 0 Å². The van der Waals surface area contributed by atoms with Gasteiger partial charge in [0.1, 0.15) is 11.2 Å². The molecule has 12 rings (SSSR count). The number of benzene rings is 10. The van der Waals surface area contributed by atoms with Crippen molar-refractivity contribution in [1.29, 1.82) is 0 Å². The second-order valence-electron chi connectivity index (χ2n) is 16.1. The highest BCUT2D eigenvalue weighted by atomic mass is 16.3. The standard InChI is InChI=1S/C60H41N3O/c1-6-20-42(21-7-1)43-34-36-49(37-35-43)62(47-26-12-4-13-27-47)51-39-44(38-50(40-51)61(45-22-8-2-9-23-45)46-24-10-3-11-25-46)54-41-55-52-30-16-18-32-56(52)63(48-28-14-5-15-29-48)59(55)58-53-31-17-19-33-57(53)64-60(54)58/h1-41H. The summed E-state index contributed by atoms with van der Waals surface area (Å²) in [5.74, 6) is 0. The molecule has 0 saturated carbocycles. The van der Waals surface area contributed by atoms with Crippen LogP contribution in [-0.4, -0.2) is 4.57 Å². The van der Waals surface area contributed by atoms with Crippen molar-refractivity contribution in [3.63, 3.8) is 0 Å². The molecule has 4 nitrogen and oxygen atoms in total. The lowest BCUT2D eigenvalue weighted by atomic mass is 9.96. The second-order valence-corrected chi connectivity index (χ2v) is 16.1. The van der Waals surface area contributed by atoms with E-state index in [0.29, 0.717) is 0 Å². The molecule has 302 valence electrons. The van der Waals surface area contributed by atoms with Crippen molar-refractivity contribution in [3.8, 4) is 27.9 Å². The number of aromatic nitrogens is 1. The minimum absolute atomic E-state index is 0.848. The predicted octanol–water partition coefficient (Wildman–Crippen LogP) is 17.0. The van der Waals surface area contributed by atoms with Crippen LogP contribution < -0.4 is 9.80 Å². The number of hydrogen-bond donors (Lipinski definition) is 0. The van der Waals surface area contributed by atoms with Crippen LogP contribution in [0, 0.1) is 0 Å². The summed E-state index contributed by atoms with van der Waals surface area (Å²) in [6, 6.07) is 88.7. The number of rotatable bonds is 9. The molecule has 10 aromatic carbocycles. The molecule has 2 heterocycles. The van der Waals surface area contributed by atoms with Crippen LogP contribution in [0.5, 0.6) is 0 Å². The second kappa shape index (κ2) is 15.7. The van der Waals surface area contributed by atoms with Crippen molar-refractivity contribution in [3.05, 3.63) is 249 Å². The molecule has 0 aliphatic rings. The summed E-state index contributed by atoms with van der Waals surface area (Å²) in [6.45, 7) is 0. The average molecular weight is 820 g/mol. The van der Waals surface area contributed by atoms with E-state index in [0.717, 1.165) is 83.9 Å². The van der Waals surface area contributed by atoms with Crippen LogP contribution in [-0.2, 0) is 0 Å². The van der Waals surface area contributed by atoms with Gasteiger partial charge in [0, 0.05) is 61.5 Å². The lowest BCUT2D eigenvalue weighted by molar-refractivity contribution is 0.670. The fourth-order valence-corrected chi connectivity index (χ4v) is 9.47. The molecule has 0 amide bonds. The van der Waals surface area contributed by atoms with Crippen LogP contribution in [0.1, 0.15) is 0 Å². The first-order valence-corrected chi connectivity index (χ1v) is 21.8. The van der Waals surface area contributed by atoms with E-state index >= 15 is 0 Å². The molecule has 0 radical (unpaired) electrons. The van der Waals surface area contributed by atoms with Gasteiger partial charge in [-0.05, 0) is 114 Å².